The van der Waals surface area contributed by atoms with Crippen LogP contribution in [0.5, 0.6) is 11.5 Å². The Morgan fingerprint density at radius 1 is 0.778 bits per heavy atom. The predicted molar refractivity (Wildman–Crippen MR) is 103 cm³/mol. The fourth-order valence-corrected chi connectivity index (χ4v) is 2.39. The summed E-state index contributed by atoms with van der Waals surface area (Å²) < 4.78 is 11.6. The van der Waals surface area contributed by atoms with Gasteiger partial charge in [-0.1, -0.05) is 48.4 Å². The zero-order valence-electron chi connectivity index (χ0n) is 14.6. The largest absolute Gasteiger partial charge is 0.489 e. The number of aliphatic carboxylic acids is 1. The van der Waals surface area contributed by atoms with E-state index in [-0.39, 0.29) is 0 Å². The molecule has 0 spiro atoms. The van der Waals surface area contributed by atoms with Gasteiger partial charge in [0.05, 0.1) is 0 Å². The van der Waals surface area contributed by atoms with Gasteiger partial charge in [0.2, 0.25) is 0 Å². The van der Waals surface area contributed by atoms with Crippen molar-refractivity contribution in [1.82, 2.24) is 0 Å². The van der Waals surface area contributed by atoms with Crippen molar-refractivity contribution in [3.8, 4) is 23.3 Å². The summed E-state index contributed by atoms with van der Waals surface area (Å²) in [6, 6.07) is 24.8. The average molecular weight is 358 g/mol. The third-order valence-electron chi connectivity index (χ3n) is 3.72. The molecule has 0 heterocycles. The summed E-state index contributed by atoms with van der Waals surface area (Å²) in [5.41, 5.74) is 2.74. The normalized spacial score (nSPS) is 9.78. The molecule has 1 N–H and O–H groups in total. The van der Waals surface area contributed by atoms with Gasteiger partial charge in [-0.3, -0.25) is 0 Å². The highest BCUT2D eigenvalue weighted by molar-refractivity contribution is 5.87. The fraction of sp³-hybridized carbons (Fsp3) is 0.0870. The lowest BCUT2D eigenvalue weighted by Crippen LogP contribution is -1.98. The lowest BCUT2D eigenvalue weighted by atomic mass is 10.2. The van der Waals surface area contributed by atoms with Crippen LogP contribution in [0, 0.1) is 11.8 Å². The summed E-state index contributed by atoms with van der Waals surface area (Å²) in [5, 5.41) is 8.56. The van der Waals surface area contributed by atoms with E-state index in [1.807, 2.05) is 54.6 Å². The van der Waals surface area contributed by atoms with Crippen LogP contribution in [-0.4, -0.2) is 11.1 Å². The van der Waals surface area contributed by atoms with Gasteiger partial charge in [-0.05, 0) is 47.5 Å². The van der Waals surface area contributed by atoms with Gasteiger partial charge < -0.3 is 14.6 Å². The molecule has 4 nitrogen and oxygen atoms in total. The zero-order chi connectivity index (χ0) is 18.9. The lowest BCUT2D eigenvalue weighted by molar-refractivity contribution is -0.130. The molecule has 0 aliphatic heterocycles. The van der Waals surface area contributed by atoms with Gasteiger partial charge in [0, 0.05) is 11.5 Å². The molecule has 0 saturated heterocycles. The van der Waals surface area contributed by atoms with Crippen molar-refractivity contribution >= 4 is 5.97 Å². The van der Waals surface area contributed by atoms with Gasteiger partial charge in [0.15, 0.2) is 0 Å². The first-order valence-electron chi connectivity index (χ1n) is 8.42. The van der Waals surface area contributed by atoms with Gasteiger partial charge in [0.25, 0.3) is 0 Å². The molecule has 3 rings (SSSR count). The molecule has 3 aromatic carbocycles. The van der Waals surface area contributed by atoms with Crippen molar-refractivity contribution in [2.75, 3.05) is 0 Å². The topological polar surface area (TPSA) is 55.8 Å². The SMILES string of the molecule is O=C(O)C#Cc1ccc(OCc2cccc(OCc3ccccc3)c2)cc1. The Bertz CT molecular complexity index is 951. The highest BCUT2D eigenvalue weighted by Gasteiger charge is 2.00. The quantitative estimate of drug-likeness (QED) is 0.668. The van der Waals surface area contributed by atoms with E-state index in [0.717, 1.165) is 16.9 Å². The predicted octanol–water partition coefficient (Wildman–Crippen LogP) is 4.28. The van der Waals surface area contributed by atoms with Gasteiger partial charge >= 0.3 is 5.97 Å². The Hall–Kier alpha value is -3.71. The number of hydrogen-bond acceptors (Lipinski definition) is 3. The molecule has 0 unspecified atom stereocenters. The Kier molecular flexibility index (Phi) is 6.11. The van der Waals surface area contributed by atoms with Gasteiger partial charge in [-0.25, -0.2) is 4.79 Å². The number of ether oxygens (including phenoxy) is 2. The molecule has 3 aromatic rings. The first-order chi connectivity index (χ1) is 13.2. The van der Waals surface area contributed by atoms with E-state index >= 15 is 0 Å². The van der Waals surface area contributed by atoms with Crippen LogP contribution in [0.15, 0.2) is 78.9 Å². The van der Waals surface area contributed by atoms with Gasteiger partial charge in [-0.2, -0.15) is 0 Å². The second kappa shape index (κ2) is 9.12. The van der Waals surface area contributed by atoms with Gasteiger partial charge in [0.1, 0.15) is 24.7 Å². The molecular formula is C23H18O4. The van der Waals surface area contributed by atoms with E-state index in [0.29, 0.717) is 24.5 Å². The second-order valence-electron chi connectivity index (χ2n) is 5.79. The van der Waals surface area contributed by atoms with Gasteiger partial charge in [-0.15, -0.1) is 0 Å². The van der Waals surface area contributed by atoms with Crippen molar-refractivity contribution in [2.45, 2.75) is 13.2 Å². The summed E-state index contributed by atoms with van der Waals surface area (Å²) in [7, 11) is 0. The molecule has 0 aliphatic rings. The minimum atomic E-state index is -1.15. The molecule has 0 bridgehead atoms. The lowest BCUT2D eigenvalue weighted by Gasteiger charge is -2.10. The number of carbonyl (C=O) groups is 1. The molecule has 4 heteroatoms. The zero-order valence-corrected chi connectivity index (χ0v) is 14.6. The number of carboxylic acid groups (broad SMARTS) is 1. The molecule has 0 fully saturated rings. The van der Waals surface area contributed by atoms with E-state index in [2.05, 4.69) is 11.8 Å². The molecular weight excluding hydrogens is 340 g/mol. The highest BCUT2D eigenvalue weighted by Crippen LogP contribution is 2.18. The number of carboxylic acids is 1. The summed E-state index contributed by atoms with van der Waals surface area (Å²) in [6.07, 6.45) is 0. The molecule has 0 aromatic heterocycles. The molecule has 0 atom stereocenters. The van der Waals surface area contributed by atoms with E-state index in [4.69, 9.17) is 14.6 Å². The van der Waals surface area contributed by atoms with Crippen LogP contribution < -0.4 is 9.47 Å². The third kappa shape index (κ3) is 5.94. The molecule has 27 heavy (non-hydrogen) atoms. The van der Waals surface area contributed by atoms with Crippen molar-refractivity contribution in [3.05, 3.63) is 95.6 Å². The molecule has 0 saturated carbocycles. The molecule has 0 amide bonds. The summed E-state index contributed by atoms with van der Waals surface area (Å²) in [6.45, 7) is 0.923. The number of rotatable bonds is 6. The average Bonchev–Trinajstić information content (AvgIpc) is 2.71. The fourth-order valence-electron chi connectivity index (χ4n) is 2.39. The first kappa shape index (κ1) is 18.1. The summed E-state index contributed by atoms with van der Waals surface area (Å²) >= 11 is 0. The van der Waals surface area contributed by atoms with E-state index in [1.54, 1.807) is 24.3 Å². The van der Waals surface area contributed by atoms with Crippen LogP contribution in [0.1, 0.15) is 16.7 Å². The van der Waals surface area contributed by atoms with Crippen molar-refractivity contribution in [1.29, 1.82) is 0 Å². The maximum absolute atomic E-state index is 10.4. The Morgan fingerprint density at radius 2 is 1.44 bits per heavy atom. The molecule has 134 valence electrons. The van der Waals surface area contributed by atoms with E-state index in [1.165, 1.54) is 0 Å². The summed E-state index contributed by atoms with van der Waals surface area (Å²) in [5.74, 6) is 4.97. The summed E-state index contributed by atoms with van der Waals surface area (Å²) in [4.78, 5) is 10.4. The van der Waals surface area contributed by atoms with Crippen LogP contribution >= 0.6 is 0 Å². The maximum atomic E-state index is 10.4. The van der Waals surface area contributed by atoms with Crippen LogP contribution in [-0.2, 0) is 18.0 Å². The second-order valence-corrected chi connectivity index (χ2v) is 5.79. The monoisotopic (exact) mass is 358 g/mol. The standard InChI is InChI=1S/C23H18O4/c24-23(25)14-11-18-9-12-21(13-10-18)26-17-20-7-4-8-22(15-20)27-16-19-5-2-1-3-6-19/h1-10,12-13,15H,16-17H2,(H,24,25). The molecule has 0 aliphatic carbocycles. The van der Waals surface area contributed by atoms with Crippen LogP contribution in [0.2, 0.25) is 0 Å². The highest BCUT2D eigenvalue weighted by atomic mass is 16.5. The van der Waals surface area contributed by atoms with Crippen LogP contribution in [0.4, 0.5) is 0 Å². The minimum Gasteiger partial charge on any atom is -0.489 e. The Balaban J connectivity index is 1.55. The third-order valence-corrected chi connectivity index (χ3v) is 3.72. The first-order valence-corrected chi connectivity index (χ1v) is 8.42. The van der Waals surface area contributed by atoms with Crippen LogP contribution in [0.25, 0.3) is 0 Å². The Labute approximate surface area is 158 Å². The van der Waals surface area contributed by atoms with Crippen molar-refractivity contribution < 1.29 is 19.4 Å². The minimum absolute atomic E-state index is 0.405. The molecule has 0 radical (unpaired) electrons. The van der Waals surface area contributed by atoms with E-state index in [9.17, 15) is 4.79 Å². The van der Waals surface area contributed by atoms with Crippen LogP contribution in [0.3, 0.4) is 0 Å². The van der Waals surface area contributed by atoms with Crippen molar-refractivity contribution in [2.24, 2.45) is 0 Å². The van der Waals surface area contributed by atoms with Crippen molar-refractivity contribution in [3.63, 3.8) is 0 Å². The van der Waals surface area contributed by atoms with E-state index < -0.39 is 5.97 Å². The Morgan fingerprint density at radius 3 is 2.19 bits per heavy atom. The number of hydrogen-bond donors (Lipinski definition) is 1. The smallest absolute Gasteiger partial charge is 0.382 e. The number of benzene rings is 3. The maximum Gasteiger partial charge on any atom is 0.382 e.